The summed E-state index contributed by atoms with van der Waals surface area (Å²) in [5, 5.41) is 8.32. The van der Waals surface area contributed by atoms with Gasteiger partial charge in [0.15, 0.2) is 0 Å². The summed E-state index contributed by atoms with van der Waals surface area (Å²) in [5.41, 5.74) is 0. The van der Waals surface area contributed by atoms with Crippen molar-refractivity contribution >= 4 is 0 Å². The molecule has 0 aromatic heterocycles. The second-order valence-electron chi connectivity index (χ2n) is 1.86. The van der Waals surface area contributed by atoms with E-state index in [0.29, 0.717) is 13.2 Å². The van der Waals surface area contributed by atoms with Crippen LogP contribution >= 0.6 is 0 Å². The van der Waals surface area contributed by atoms with E-state index in [2.05, 4.69) is 0 Å². The summed E-state index contributed by atoms with van der Waals surface area (Å²) in [5.74, 6) is 0. The molecule has 0 fully saturated rings. The number of rotatable bonds is 5. The second-order valence-corrected chi connectivity index (χ2v) is 1.86. The molecule has 3 nitrogen and oxygen atoms in total. The molecule has 0 aromatic carbocycles. The Balaban J connectivity index is -0.0000000941. The molecule has 1 unspecified atom stereocenters. The van der Waals surface area contributed by atoms with E-state index < -0.39 is 0 Å². The fourth-order valence-electron chi connectivity index (χ4n) is 0.537. The zero-order valence-corrected chi connectivity index (χ0v) is 7.96. The smallest absolute Gasteiger partial charge is 0.0781 e. The fraction of sp³-hybridized carbons (Fsp3) is 1.00. The van der Waals surface area contributed by atoms with Crippen molar-refractivity contribution in [3.63, 3.8) is 0 Å². The molecular weight excluding hydrogens is 168 g/mol. The maximum Gasteiger partial charge on any atom is 0.0781 e. The van der Waals surface area contributed by atoms with Crippen LogP contribution in [0.3, 0.4) is 0 Å². The van der Waals surface area contributed by atoms with Crippen molar-refractivity contribution in [1.29, 1.82) is 0 Å². The number of aliphatic hydroxyl groups excluding tert-OH is 1. The third-order valence-corrected chi connectivity index (χ3v) is 0.895. The molecule has 13 heavy (non-hydrogen) atoms. The Labute approximate surface area is 84.1 Å². The molecule has 0 aromatic rings. The summed E-state index contributed by atoms with van der Waals surface area (Å²) in [7, 11) is 1.62. The molecule has 3 heteroatoms. The van der Waals surface area contributed by atoms with E-state index >= 15 is 0 Å². The lowest BCUT2D eigenvalue weighted by molar-refractivity contribution is -0.00529. The van der Waals surface area contributed by atoms with Crippen molar-refractivity contribution in [3.05, 3.63) is 0 Å². The molecular formula is C10H28O3. The largest absolute Gasteiger partial charge is 0.394 e. The first-order valence-corrected chi connectivity index (χ1v) is 4.02. The number of hydrogen-bond acceptors (Lipinski definition) is 3. The van der Waals surface area contributed by atoms with Gasteiger partial charge in [-0.1, -0.05) is 28.7 Å². The van der Waals surface area contributed by atoms with Crippen molar-refractivity contribution in [2.45, 2.75) is 41.7 Å². The van der Waals surface area contributed by atoms with Gasteiger partial charge in [-0.2, -0.15) is 0 Å². The Bertz CT molecular complexity index is 58.1. The second kappa shape index (κ2) is 22.6. The topological polar surface area (TPSA) is 38.7 Å². The van der Waals surface area contributed by atoms with Gasteiger partial charge in [0.2, 0.25) is 0 Å². The van der Waals surface area contributed by atoms with Crippen molar-refractivity contribution in [2.75, 3.05) is 26.9 Å². The summed E-state index contributed by atoms with van der Waals surface area (Å²) in [6, 6.07) is 0. The summed E-state index contributed by atoms with van der Waals surface area (Å²) < 4.78 is 9.85. The van der Waals surface area contributed by atoms with E-state index in [9.17, 15) is 0 Å². The van der Waals surface area contributed by atoms with E-state index in [4.69, 9.17) is 14.6 Å². The average Bonchev–Trinajstić information content (AvgIpc) is 2.05. The van der Waals surface area contributed by atoms with Crippen molar-refractivity contribution in [3.8, 4) is 0 Å². The maximum atomic E-state index is 8.32. The molecule has 86 valence electrons. The minimum Gasteiger partial charge on any atom is -0.394 e. The third-order valence-electron chi connectivity index (χ3n) is 0.895. The zero-order chi connectivity index (χ0) is 9.11. The van der Waals surface area contributed by atoms with Gasteiger partial charge in [-0.3, -0.25) is 0 Å². The van der Waals surface area contributed by atoms with Crippen molar-refractivity contribution < 1.29 is 14.6 Å². The van der Waals surface area contributed by atoms with Gasteiger partial charge in [-0.25, -0.2) is 0 Å². The minimum atomic E-state index is 0. The predicted octanol–water partition coefficient (Wildman–Crippen LogP) is 2.33. The normalized spacial score (nSPS) is 9.92. The van der Waals surface area contributed by atoms with E-state index in [1.807, 2.05) is 20.8 Å². The first-order valence-electron chi connectivity index (χ1n) is 4.02. The molecule has 0 rings (SSSR count). The third kappa shape index (κ3) is 24.5. The number of ether oxygens (including phenoxy) is 2. The van der Waals surface area contributed by atoms with Gasteiger partial charge < -0.3 is 14.6 Å². The molecule has 0 saturated carbocycles. The highest BCUT2D eigenvalue weighted by molar-refractivity contribution is 4.44. The molecule has 0 spiro atoms. The lowest BCUT2D eigenvalue weighted by atomic mass is 10.4. The Hall–Kier alpha value is -0.120. The molecule has 0 radical (unpaired) electrons. The van der Waals surface area contributed by atoms with Gasteiger partial charge >= 0.3 is 0 Å². The standard InChI is InChI=1S/C6H14O3.C2H6.2CH4/c1-6(5-8-2)9-4-3-7;1-2;;/h6-7H,3-5H2,1-2H3;1-2H3;2*1H4. The van der Waals surface area contributed by atoms with Crippen LogP contribution in [0.25, 0.3) is 0 Å². The Morgan fingerprint density at radius 3 is 2.00 bits per heavy atom. The molecule has 0 aliphatic carbocycles. The highest BCUT2D eigenvalue weighted by atomic mass is 16.5. The number of hydrogen-bond donors (Lipinski definition) is 1. The predicted molar refractivity (Wildman–Crippen MR) is 59.2 cm³/mol. The summed E-state index contributed by atoms with van der Waals surface area (Å²) in [4.78, 5) is 0. The molecule has 0 saturated heterocycles. The number of methoxy groups -OCH3 is 1. The van der Waals surface area contributed by atoms with Gasteiger partial charge in [-0.05, 0) is 6.92 Å². The summed E-state index contributed by atoms with van der Waals surface area (Å²) in [6.45, 7) is 6.96. The summed E-state index contributed by atoms with van der Waals surface area (Å²) >= 11 is 0. The molecule has 0 amide bonds. The van der Waals surface area contributed by atoms with Crippen molar-refractivity contribution in [2.24, 2.45) is 0 Å². The SMILES string of the molecule is C.C.CC.COCC(C)OCCO. The van der Waals surface area contributed by atoms with Crippen LogP contribution < -0.4 is 0 Å². The van der Waals surface area contributed by atoms with Crippen LogP contribution in [0, 0.1) is 0 Å². The van der Waals surface area contributed by atoms with Gasteiger partial charge in [0.05, 0.1) is 25.9 Å². The van der Waals surface area contributed by atoms with Crippen LogP contribution in [-0.4, -0.2) is 38.1 Å². The van der Waals surface area contributed by atoms with Crippen LogP contribution in [-0.2, 0) is 9.47 Å². The highest BCUT2D eigenvalue weighted by Crippen LogP contribution is 1.88. The quantitative estimate of drug-likeness (QED) is 0.733. The minimum absolute atomic E-state index is 0. The zero-order valence-electron chi connectivity index (χ0n) is 7.96. The molecule has 1 N–H and O–H groups in total. The first-order chi connectivity index (χ1) is 5.31. The monoisotopic (exact) mass is 196 g/mol. The van der Waals surface area contributed by atoms with E-state index in [1.54, 1.807) is 7.11 Å². The average molecular weight is 196 g/mol. The van der Waals surface area contributed by atoms with Crippen LogP contribution in [0.1, 0.15) is 35.6 Å². The van der Waals surface area contributed by atoms with E-state index in [-0.39, 0.29) is 27.6 Å². The fourth-order valence-corrected chi connectivity index (χ4v) is 0.537. The molecule has 0 heterocycles. The summed E-state index contributed by atoms with van der Waals surface area (Å²) in [6.07, 6.45) is 0.0853. The Morgan fingerprint density at radius 2 is 1.69 bits per heavy atom. The Kier molecular flexibility index (Phi) is 40.2. The van der Waals surface area contributed by atoms with Crippen LogP contribution in [0.5, 0.6) is 0 Å². The lowest BCUT2D eigenvalue weighted by Gasteiger charge is -2.09. The van der Waals surface area contributed by atoms with Crippen LogP contribution in [0.15, 0.2) is 0 Å². The Morgan fingerprint density at radius 1 is 1.23 bits per heavy atom. The van der Waals surface area contributed by atoms with E-state index in [0.717, 1.165) is 0 Å². The van der Waals surface area contributed by atoms with Gasteiger partial charge in [0.25, 0.3) is 0 Å². The number of aliphatic hydroxyl groups is 1. The van der Waals surface area contributed by atoms with Gasteiger partial charge in [0.1, 0.15) is 0 Å². The first kappa shape index (κ1) is 23.1. The molecule has 1 atom stereocenters. The molecule has 0 aliphatic rings. The van der Waals surface area contributed by atoms with Gasteiger partial charge in [0, 0.05) is 7.11 Å². The van der Waals surface area contributed by atoms with Crippen LogP contribution in [0.2, 0.25) is 0 Å². The van der Waals surface area contributed by atoms with Crippen LogP contribution in [0.4, 0.5) is 0 Å². The van der Waals surface area contributed by atoms with Gasteiger partial charge in [-0.15, -0.1) is 0 Å². The highest BCUT2D eigenvalue weighted by Gasteiger charge is 1.97. The molecule has 0 aliphatic heterocycles. The lowest BCUT2D eigenvalue weighted by Crippen LogP contribution is -2.16. The maximum absolute atomic E-state index is 8.32. The molecule has 0 bridgehead atoms. The van der Waals surface area contributed by atoms with E-state index in [1.165, 1.54) is 0 Å². The van der Waals surface area contributed by atoms with Crippen molar-refractivity contribution in [1.82, 2.24) is 0 Å².